The molecule has 0 radical (unpaired) electrons. The predicted molar refractivity (Wildman–Crippen MR) is 93.8 cm³/mol. The van der Waals surface area contributed by atoms with Gasteiger partial charge in [0.15, 0.2) is 6.10 Å². The molecule has 3 nitrogen and oxygen atoms in total. The highest BCUT2D eigenvalue weighted by Crippen LogP contribution is 2.26. The lowest BCUT2D eigenvalue weighted by Gasteiger charge is -2.17. The lowest BCUT2D eigenvalue weighted by atomic mass is 10.1. The highest BCUT2D eigenvalue weighted by atomic mass is 79.9. The zero-order chi connectivity index (χ0) is 16.3. The zero-order valence-electron chi connectivity index (χ0n) is 12.6. The molecule has 1 atom stereocenters. The molecule has 22 heavy (non-hydrogen) atoms. The van der Waals surface area contributed by atoms with Gasteiger partial charge in [-0.15, -0.1) is 0 Å². The summed E-state index contributed by atoms with van der Waals surface area (Å²) >= 11 is 9.43. The van der Waals surface area contributed by atoms with Gasteiger partial charge in [0.25, 0.3) is 5.91 Å². The number of amides is 1. The lowest BCUT2D eigenvalue weighted by Crippen LogP contribution is -2.30. The highest BCUT2D eigenvalue weighted by molar-refractivity contribution is 9.10. The first-order chi connectivity index (χ1) is 10.4. The van der Waals surface area contributed by atoms with Crippen molar-refractivity contribution in [2.75, 3.05) is 5.32 Å². The highest BCUT2D eigenvalue weighted by Gasteiger charge is 2.17. The van der Waals surface area contributed by atoms with Crippen LogP contribution in [0.1, 0.15) is 18.1 Å². The summed E-state index contributed by atoms with van der Waals surface area (Å²) < 4.78 is 6.62. The minimum Gasteiger partial charge on any atom is -0.481 e. The van der Waals surface area contributed by atoms with Crippen LogP contribution in [0.15, 0.2) is 40.9 Å². The van der Waals surface area contributed by atoms with Crippen LogP contribution in [0.5, 0.6) is 5.75 Å². The maximum absolute atomic E-state index is 12.2. The number of nitrogens with one attached hydrogen (secondary N) is 1. The number of hydrogen-bond acceptors (Lipinski definition) is 2. The number of aryl methyl sites for hydroxylation is 1. The molecule has 0 fully saturated rings. The van der Waals surface area contributed by atoms with Gasteiger partial charge in [-0.2, -0.15) is 0 Å². The van der Waals surface area contributed by atoms with Crippen molar-refractivity contribution in [1.82, 2.24) is 0 Å². The minimum atomic E-state index is -0.625. The van der Waals surface area contributed by atoms with Crippen molar-refractivity contribution in [1.29, 1.82) is 0 Å². The fourth-order valence-corrected chi connectivity index (χ4v) is 2.64. The molecule has 0 aliphatic rings. The lowest BCUT2D eigenvalue weighted by molar-refractivity contribution is -0.122. The molecular weight excluding hydrogens is 366 g/mol. The SMILES string of the molecule is Cc1cccc(OC(C)C(=O)Nc2ccc(Br)cc2Cl)c1C. The van der Waals surface area contributed by atoms with Crippen LogP contribution >= 0.6 is 27.5 Å². The summed E-state index contributed by atoms with van der Waals surface area (Å²) in [5.74, 6) is 0.467. The molecular formula is C17H17BrClNO2. The predicted octanol–water partition coefficient (Wildman–Crippen LogP) is 5.13. The normalized spacial score (nSPS) is 11.9. The largest absolute Gasteiger partial charge is 0.481 e. The molecule has 0 aliphatic heterocycles. The molecule has 0 aromatic heterocycles. The summed E-state index contributed by atoms with van der Waals surface area (Å²) in [6.45, 7) is 5.69. The molecule has 0 saturated heterocycles. The van der Waals surface area contributed by atoms with Crippen molar-refractivity contribution in [3.8, 4) is 5.75 Å². The Hall–Kier alpha value is -1.52. The molecule has 0 bridgehead atoms. The van der Waals surface area contributed by atoms with Crippen LogP contribution in [0.4, 0.5) is 5.69 Å². The third-order valence-corrected chi connectivity index (χ3v) is 4.22. The molecule has 2 aromatic carbocycles. The van der Waals surface area contributed by atoms with Crippen LogP contribution in [0.3, 0.4) is 0 Å². The summed E-state index contributed by atoms with van der Waals surface area (Å²) in [6.07, 6.45) is -0.625. The van der Waals surface area contributed by atoms with Crippen molar-refractivity contribution in [2.45, 2.75) is 26.9 Å². The van der Waals surface area contributed by atoms with Crippen LogP contribution in [-0.2, 0) is 4.79 Å². The van der Waals surface area contributed by atoms with E-state index in [0.717, 1.165) is 15.6 Å². The molecule has 116 valence electrons. The van der Waals surface area contributed by atoms with Gasteiger partial charge in [0, 0.05) is 4.47 Å². The maximum Gasteiger partial charge on any atom is 0.265 e. The Morgan fingerprint density at radius 1 is 1.27 bits per heavy atom. The fourth-order valence-electron chi connectivity index (χ4n) is 1.92. The van der Waals surface area contributed by atoms with Crippen molar-refractivity contribution >= 4 is 39.1 Å². The number of carbonyl (C=O) groups excluding carboxylic acids is 1. The van der Waals surface area contributed by atoms with Crippen molar-refractivity contribution in [3.63, 3.8) is 0 Å². The van der Waals surface area contributed by atoms with Crippen LogP contribution in [0.25, 0.3) is 0 Å². The smallest absolute Gasteiger partial charge is 0.265 e. The standard InChI is InChI=1S/C17H17BrClNO2/c1-10-5-4-6-16(11(10)2)22-12(3)17(21)20-15-8-7-13(18)9-14(15)19/h4-9,12H,1-3H3,(H,20,21). The summed E-state index contributed by atoms with van der Waals surface area (Å²) in [5.41, 5.74) is 2.72. The molecule has 5 heteroatoms. The number of hydrogen-bond donors (Lipinski definition) is 1. The van der Waals surface area contributed by atoms with Gasteiger partial charge in [0.1, 0.15) is 5.75 Å². The quantitative estimate of drug-likeness (QED) is 0.796. The maximum atomic E-state index is 12.2. The van der Waals surface area contributed by atoms with E-state index >= 15 is 0 Å². The van der Waals surface area contributed by atoms with Gasteiger partial charge in [-0.05, 0) is 56.2 Å². The van der Waals surface area contributed by atoms with E-state index in [-0.39, 0.29) is 5.91 Å². The molecule has 0 saturated carbocycles. The van der Waals surface area contributed by atoms with Gasteiger partial charge < -0.3 is 10.1 Å². The topological polar surface area (TPSA) is 38.3 Å². The number of halogens is 2. The van der Waals surface area contributed by atoms with E-state index in [1.165, 1.54) is 0 Å². The van der Waals surface area contributed by atoms with E-state index in [1.54, 1.807) is 19.1 Å². The van der Waals surface area contributed by atoms with Gasteiger partial charge >= 0.3 is 0 Å². The first kappa shape index (κ1) is 16.8. The number of benzene rings is 2. The Bertz CT molecular complexity index is 703. The summed E-state index contributed by atoms with van der Waals surface area (Å²) in [7, 11) is 0. The van der Waals surface area contributed by atoms with Gasteiger partial charge in [-0.3, -0.25) is 4.79 Å². The van der Waals surface area contributed by atoms with E-state index in [1.807, 2.05) is 38.1 Å². The van der Waals surface area contributed by atoms with Crippen molar-refractivity contribution in [3.05, 3.63) is 57.0 Å². The van der Waals surface area contributed by atoms with E-state index in [4.69, 9.17) is 16.3 Å². The molecule has 2 rings (SSSR count). The molecule has 1 N–H and O–H groups in total. The van der Waals surface area contributed by atoms with Gasteiger partial charge in [0.2, 0.25) is 0 Å². The summed E-state index contributed by atoms with van der Waals surface area (Å²) in [6, 6.07) is 11.1. The van der Waals surface area contributed by atoms with Crippen molar-refractivity contribution in [2.24, 2.45) is 0 Å². The number of carbonyl (C=O) groups is 1. The second-order valence-corrected chi connectivity index (χ2v) is 6.39. The van der Waals surface area contributed by atoms with Gasteiger partial charge in [-0.25, -0.2) is 0 Å². The van der Waals surface area contributed by atoms with E-state index in [9.17, 15) is 4.79 Å². The Kier molecular flexibility index (Phi) is 5.48. The van der Waals surface area contributed by atoms with E-state index in [0.29, 0.717) is 16.5 Å². The monoisotopic (exact) mass is 381 g/mol. The third kappa shape index (κ3) is 4.02. The number of anilines is 1. The Morgan fingerprint density at radius 3 is 2.68 bits per heavy atom. The third-order valence-electron chi connectivity index (χ3n) is 3.42. The average molecular weight is 383 g/mol. The average Bonchev–Trinajstić information content (AvgIpc) is 2.46. The molecule has 1 amide bonds. The number of rotatable bonds is 4. The zero-order valence-corrected chi connectivity index (χ0v) is 15.0. The van der Waals surface area contributed by atoms with Crippen molar-refractivity contribution < 1.29 is 9.53 Å². The number of ether oxygens (including phenoxy) is 1. The summed E-state index contributed by atoms with van der Waals surface area (Å²) in [4.78, 5) is 12.2. The minimum absolute atomic E-state index is 0.245. The van der Waals surface area contributed by atoms with Crippen LogP contribution < -0.4 is 10.1 Å². The molecule has 2 aromatic rings. The van der Waals surface area contributed by atoms with Crippen LogP contribution in [-0.4, -0.2) is 12.0 Å². The van der Waals surface area contributed by atoms with E-state index in [2.05, 4.69) is 21.2 Å². The first-order valence-corrected chi connectivity index (χ1v) is 8.04. The Labute approximate surface area is 143 Å². The van der Waals surface area contributed by atoms with Gasteiger partial charge in [-0.1, -0.05) is 39.7 Å². The fraction of sp³-hybridized carbons (Fsp3) is 0.235. The molecule has 1 unspecified atom stereocenters. The second-order valence-electron chi connectivity index (χ2n) is 5.07. The molecule has 0 aliphatic carbocycles. The van der Waals surface area contributed by atoms with E-state index < -0.39 is 6.10 Å². The summed E-state index contributed by atoms with van der Waals surface area (Å²) in [5, 5.41) is 3.25. The Balaban J connectivity index is 2.07. The second kappa shape index (κ2) is 7.16. The molecule has 0 spiro atoms. The van der Waals surface area contributed by atoms with Gasteiger partial charge in [0.05, 0.1) is 10.7 Å². The van der Waals surface area contributed by atoms with Crippen LogP contribution in [0, 0.1) is 13.8 Å². The Morgan fingerprint density at radius 2 is 2.00 bits per heavy atom. The first-order valence-electron chi connectivity index (χ1n) is 6.87. The molecule has 0 heterocycles. The van der Waals surface area contributed by atoms with Crippen LogP contribution in [0.2, 0.25) is 5.02 Å².